The van der Waals surface area contributed by atoms with E-state index in [0.29, 0.717) is 17.2 Å². The van der Waals surface area contributed by atoms with Crippen LogP contribution in [0.3, 0.4) is 0 Å². The lowest BCUT2D eigenvalue weighted by Crippen LogP contribution is -2.37. The number of rotatable bonds is 9. The first-order chi connectivity index (χ1) is 15.1. The zero-order valence-corrected chi connectivity index (χ0v) is 19.1. The molecule has 0 saturated heterocycles. The first kappa shape index (κ1) is 24.7. The van der Waals surface area contributed by atoms with Crippen molar-refractivity contribution in [3.8, 4) is 11.5 Å². The molecule has 0 saturated carbocycles. The van der Waals surface area contributed by atoms with Gasteiger partial charge in [0.1, 0.15) is 11.5 Å². The number of likely N-dealkylation sites (N-methyl/N-ethyl adjacent to an activating group) is 1. The maximum atomic E-state index is 12.1. The molecule has 0 atom stereocenters. The molecule has 0 bridgehead atoms. The van der Waals surface area contributed by atoms with Gasteiger partial charge in [0.05, 0.1) is 13.7 Å². The summed E-state index contributed by atoms with van der Waals surface area (Å²) in [6.45, 7) is 5.34. The summed E-state index contributed by atoms with van der Waals surface area (Å²) >= 11 is 0. The lowest BCUT2D eigenvalue weighted by atomic mass is 9.87. The molecule has 2 aromatic rings. The van der Waals surface area contributed by atoms with Gasteiger partial charge < -0.3 is 24.4 Å². The van der Waals surface area contributed by atoms with Crippen molar-refractivity contribution in [2.45, 2.75) is 26.2 Å². The van der Waals surface area contributed by atoms with Gasteiger partial charge in [0.15, 0.2) is 13.2 Å². The number of methoxy groups -OCH3 is 1. The summed E-state index contributed by atoms with van der Waals surface area (Å²) in [7, 11) is 2.98. The molecule has 0 fully saturated rings. The summed E-state index contributed by atoms with van der Waals surface area (Å²) in [6, 6.07) is 14.3. The predicted molar refractivity (Wildman–Crippen MR) is 121 cm³/mol. The highest BCUT2D eigenvalue weighted by atomic mass is 16.6. The van der Waals surface area contributed by atoms with Crippen molar-refractivity contribution < 1.29 is 28.6 Å². The van der Waals surface area contributed by atoms with Crippen LogP contribution in [0.2, 0.25) is 0 Å². The van der Waals surface area contributed by atoms with Gasteiger partial charge in [-0.15, -0.1) is 0 Å². The SMILES string of the molecule is COc1cccc(NC(=O)CN(C)C(=O)COC(=O)COc2ccc(C(C)(C)C)cc2)c1. The molecule has 32 heavy (non-hydrogen) atoms. The third-order valence-electron chi connectivity index (χ3n) is 4.59. The van der Waals surface area contributed by atoms with Crippen LogP contribution in [0.5, 0.6) is 11.5 Å². The first-order valence-electron chi connectivity index (χ1n) is 10.2. The Morgan fingerprint density at radius 1 is 0.969 bits per heavy atom. The number of carbonyl (C=O) groups is 3. The number of hydrogen-bond donors (Lipinski definition) is 1. The monoisotopic (exact) mass is 442 g/mol. The normalized spacial score (nSPS) is 10.8. The number of carbonyl (C=O) groups excluding carboxylic acids is 3. The van der Waals surface area contributed by atoms with E-state index in [2.05, 4.69) is 26.1 Å². The molecular weight excluding hydrogens is 412 g/mol. The van der Waals surface area contributed by atoms with Crippen molar-refractivity contribution in [2.75, 3.05) is 39.2 Å². The summed E-state index contributed by atoms with van der Waals surface area (Å²) in [5.41, 5.74) is 1.72. The van der Waals surface area contributed by atoms with Gasteiger partial charge in [0.25, 0.3) is 5.91 Å². The molecule has 0 aromatic heterocycles. The highest BCUT2D eigenvalue weighted by Gasteiger charge is 2.16. The first-order valence-corrected chi connectivity index (χ1v) is 10.2. The van der Waals surface area contributed by atoms with Crippen molar-refractivity contribution in [3.05, 3.63) is 54.1 Å². The van der Waals surface area contributed by atoms with Gasteiger partial charge in [0.2, 0.25) is 5.91 Å². The molecule has 2 aromatic carbocycles. The summed E-state index contributed by atoms with van der Waals surface area (Å²) in [6.07, 6.45) is 0. The van der Waals surface area contributed by atoms with Crippen LogP contribution < -0.4 is 14.8 Å². The molecule has 8 heteroatoms. The van der Waals surface area contributed by atoms with Crippen molar-refractivity contribution in [1.29, 1.82) is 0 Å². The van der Waals surface area contributed by atoms with Crippen LogP contribution in [0.15, 0.2) is 48.5 Å². The lowest BCUT2D eigenvalue weighted by Gasteiger charge is -2.19. The summed E-state index contributed by atoms with van der Waals surface area (Å²) in [4.78, 5) is 37.3. The zero-order valence-electron chi connectivity index (χ0n) is 19.1. The minimum atomic E-state index is -0.674. The molecular formula is C24H30N2O6. The fourth-order valence-electron chi connectivity index (χ4n) is 2.69. The van der Waals surface area contributed by atoms with Crippen molar-refractivity contribution in [2.24, 2.45) is 0 Å². The summed E-state index contributed by atoms with van der Waals surface area (Å²) in [5, 5.41) is 2.68. The van der Waals surface area contributed by atoms with Crippen LogP contribution in [0.4, 0.5) is 5.69 Å². The van der Waals surface area contributed by atoms with E-state index in [1.54, 1.807) is 36.4 Å². The Morgan fingerprint density at radius 3 is 2.28 bits per heavy atom. The van der Waals surface area contributed by atoms with Gasteiger partial charge in [-0.05, 0) is 35.2 Å². The van der Waals surface area contributed by atoms with E-state index in [1.807, 2.05) is 12.1 Å². The molecule has 0 aliphatic heterocycles. The van der Waals surface area contributed by atoms with E-state index >= 15 is 0 Å². The molecule has 0 radical (unpaired) electrons. The van der Waals surface area contributed by atoms with Crippen LogP contribution in [0, 0.1) is 0 Å². The fourth-order valence-corrected chi connectivity index (χ4v) is 2.69. The van der Waals surface area contributed by atoms with Gasteiger partial charge in [-0.3, -0.25) is 9.59 Å². The molecule has 0 heterocycles. The Bertz CT molecular complexity index is 934. The van der Waals surface area contributed by atoms with Gasteiger partial charge in [-0.2, -0.15) is 0 Å². The molecule has 0 aliphatic carbocycles. The van der Waals surface area contributed by atoms with Gasteiger partial charge in [-0.1, -0.05) is 39.0 Å². The van der Waals surface area contributed by atoms with Crippen LogP contribution in [-0.2, 0) is 24.5 Å². The van der Waals surface area contributed by atoms with E-state index in [4.69, 9.17) is 14.2 Å². The van der Waals surface area contributed by atoms with Crippen LogP contribution in [0.25, 0.3) is 0 Å². The predicted octanol–water partition coefficient (Wildman–Crippen LogP) is 3.01. The molecule has 0 unspecified atom stereocenters. The van der Waals surface area contributed by atoms with Crippen molar-refractivity contribution in [3.63, 3.8) is 0 Å². The fraction of sp³-hybridized carbons (Fsp3) is 0.375. The standard InChI is InChI=1S/C24H30N2O6/c1-24(2,3)17-9-11-19(12-10-17)31-16-23(29)32-15-22(28)26(4)14-21(27)25-18-7-6-8-20(13-18)30-5/h6-13H,14-16H2,1-5H3,(H,25,27). The van der Waals surface area contributed by atoms with Crippen molar-refractivity contribution in [1.82, 2.24) is 4.90 Å². The number of esters is 1. The second-order valence-electron chi connectivity index (χ2n) is 8.25. The smallest absolute Gasteiger partial charge is 0.344 e. The largest absolute Gasteiger partial charge is 0.497 e. The minimum absolute atomic E-state index is 0.0225. The molecule has 1 N–H and O–H groups in total. The quantitative estimate of drug-likeness (QED) is 0.600. The second-order valence-corrected chi connectivity index (χ2v) is 8.25. The highest BCUT2D eigenvalue weighted by Crippen LogP contribution is 2.24. The minimum Gasteiger partial charge on any atom is -0.497 e. The van der Waals surface area contributed by atoms with Crippen LogP contribution in [-0.4, -0.2) is 56.6 Å². The number of anilines is 1. The van der Waals surface area contributed by atoms with Crippen molar-refractivity contribution >= 4 is 23.5 Å². The molecule has 0 aliphatic rings. The number of nitrogens with one attached hydrogen (secondary N) is 1. The van der Waals surface area contributed by atoms with E-state index < -0.39 is 18.5 Å². The topological polar surface area (TPSA) is 94.2 Å². The summed E-state index contributed by atoms with van der Waals surface area (Å²) in [5.74, 6) is -0.428. The maximum absolute atomic E-state index is 12.1. The molecule has 172 valence electrons. The molecule has 2 rings (SSSR count). The number of ether oxygens (including phenoxy) is 3. The number of hydrogen-bond acceptors (Lipinski definition) is 6. The Kier molecular flexibility index (Phi) is 8.63. The number of nitrogens with zero attached hydrogens (tertiary/aromatic N) is 1. The number of amides is 2. The molecule has 2 amide bonds. The second kappa shape index (κ2) is 11.2. The number of benzene rings is 2. The summed E-state index contributed by atoms with van der Waals surface area (Å²) < 4.78 is 15.5. The Morgan fingerprint density at radius 2 is 1.66 bits per heavy atom. The van der Waals surface area contributed by atoms with Crippen LogP contribution in [0.1, 0.15) is 26.3 Å². The Hall–Kier alpha value is -3.55. The average molecular weight is 443 g/mol. The third-order valence-corrected chi connectivity index (χ3v) is 4.59. The zero-order chi connectivity index (χ0) is 23.7. The van der Waals surface area contributed by atoms with E-state index in [-0.39, 0.29) is 24.5 Å². The van der Waals surface area contributed by atoms with E-state index in [0.717, 1.165) is 5.56 Å². The van der Waals surface area contributed by atoms with Gasteiger partial charge >= 0.3 is 5.97 Å². The Balaban J connectivity index is 1.72. The average Bonchev–Trinajstić information content (AvgIpc) is 2.75. The van der Waals surface area contributed by atoms with E-state index in [1.165, 1.54) is 19.1 Å². The Labute approximate surface area is 188 Å². The lowest BCUT2D eigenvalue weighted by molar-refractivity contribution is -0.153. The van der Waals surface area contributed by atoms with Crippen LogP contribution >= 0.6 is 0 Å². The third kappa shape index (κ3) is 7.94. The van der Waals surface area contributed by atoms with E-state index in [9.17, 15) is 14.4 Å². The molecule has 0 spiro atoms. The molecule has 8 nitrogen and oxygen atoms in total. The van der Waals surface area contributed by atoms with Gasteiger partial charge in [0, 0.05) is 18.8 Å². The van der Waals surface area contributed by atoms with Gasteiger partial charge in [-0.25, -0.2) is 4.79 Å². The maximum Gasteiger partial charge on any atom is 0.344 e. The highest BCUT2D eigenvalue weighted by molar-refractivity contribution is 5.95.